The fraction of sp³-hybridized carbons (Fsp3) is 0.188. The second-order valence-electron chi connectivity index (χ2n) is 4.82. The van der Waals surface area contributed by atoms with E-state index in [0.29, 0.717) is 11.3 Å². The summed E-state index contributed by atoms with van der Waals surface area (Å²) in [6.07, 6.45) is 0.0983. The molecule has 0 aromatic heterocycles. The lowest BCUT2D eigenvalue weighted by atomic mass is 10.1. The van der Waals surface area contributed by atoms with Gasteiger partial charge in [-0.2, -0.15) is 0 Å². The van der Waals surface area contributed by atoms with Gasteiger partial charge in [0.1, 0.15) is 5.69 Å². The minimum Gasteiger partial charge on any atom is -0.395 e. The summed E-state index contributed by atoms with van der Waals surface area (Å²) in [6.45, 7) is 0.0421. The summed E-state index contributed by atoms with van der Waals surface area (Å²) < 4.78 is 27.5. The molecular formula is C16H15ClF2N2O2. The lowest BCUT2D eigenvalue weighted by Crippen LogP contribution is -2.27. The SMILES string of the molecule is O=C(Cc1cccc(Nc2c(F)cc(Cl)cc2F)c1)NCCO. The molecule has 4 nitrogen and oxygen atoms in total. The van der Waals surface area contributed by atoms with Crippen LogP contribution in [0.2, 0.25) is 5.02 Å². The van der Waals surface area contributed by atoms with Crippen LogP contribution in [0.4, 0.5) is 20.2 Å². The normalized spacial score (nSPS) is 10.4. The van der Waals surface area contributed by atoms with Crippen LogP contribution in [0.25, 0.3) is 0 Å². The maximum Gasteiger partial charge on any atom is 0.224 e. The van der Waals surface area contributed by atoms with E-state index in [-0.39, 0.29) is 36.2 Å². The Bertz CT molecular complexity index is 687. The van der Waals surface area contributed by atoms with Crippen LogP contribution in [0, 0.1) is 11.6 Å². The summed E-state index contributed by atoms with van der Waals surface area (Å²) in [4.78, 5) is 11.6. The van der Waals surface area contributed by atoms with Crippen molar-refractivity contribution >= 4 is 28.9 Å². The second-order valence-corrected chi connectivity index (χ2v) is 5.26. The van der Waals surface area contributed by atoms with Crippen molar-refractivity contribution in [1.29, 1.82) is 0 Å². The number of amides is 1. The maximum atomic E-state index is 13.8. The second kappa shape index (κ2) is 7.89. The van der Waals surface area contributed by atoms with Gasteiger partial charge in [-0.3, -0.25) is 4.79 Å². The number of aliphatic hydroxyl groups is 1. The number of hydrogen-bond acceptors (Lipinski definition) is 3. The molecule has 0 saturated carbocycles. The average molecular weight is 341 g/mol. The molecule has 1 amide bonds. The minimum absolute atomic E-state index is 0.0279. The molecule has 0 saturated heterocycles. The number of hydrogen-bond donors (Lipinski definition) is 3. The minimum atomic E-state index is -0.805. The van der Waals surface area contributed by atoms with Crippen molar-refractivity contribution in [3.8, 4) is 0 Å². The molecule has 0 radical (unpaired) electrons. The van der Waals surface area contributed by atoms with E-state index in [9.17, 15) is 13.6 Å². The molecule has 2 aromatic rings. The third-order valence-corrected chi connectivity index (χ3v) is 3.22. The van der Waals surface area contributed by atoms with E-state index in [0.717, 1.165) is 12.1 Å². The smallest absolute Gasteiger partial charge is 0.224 e. The Hall–Kier alpha value is -2.18. The zero-order valence-electron chi connectivity index (χ0n) is 12.1. The molecule has 0 aliphatic carbocycles. The first-order chi connectivity index (χ1) is 11.0. The first-order valence-electron chi connectivity index (χ1n) is 6.87. The van der Waals surface area contributed by atoms with Crippen LogP contribution >= 0.6 is 11.6 Å². The van der Waals surface area contributed by atoms with Crippen molar-refractivity contribution in [3.05, 3.63) is 58.6 Å². The van der Waals surface area contributed by atoms with Crippen LogP contribution in [0.5, 0.6) is 0 Å². The van der Waals surface area contributed by atoms with Crippen LogP contribution in [0.3, 0.4) is 0 Å². The Balaban J connectivity index is 2.13. The van der Waals surface area contributed by atoms with Crippen LogP contribution in [0.1, 0.15) is 5.56 Å². The highest BCUT2D eigenvalue weighted by atomic mass is 35.5. The zero-order valence-corrected chi connectivity index (χ0v) is 12.8. The predicted molar refractivity (Wildman–Crippen MR) is 84.9 cm³/mol. The topological polar surface area (TPSA) is 61.4 Å². The zero-order chi connectivity index (χ0) is 16.8. The van der Waals surface area contributed by atoms with Crippen LogP contribution < -0.4 is 10.6 Å². The summed E-state index contributed by atoms with van der Waals surface area (Å²) in [6, 6.07) is 8.66. The molecule has 7 heteroatoms. The summed E-state index contributed by atoms with van der Waals surface area (Å²) in [5.41, 5.74) is 0.800. The molecule has 0 bridgehead atoms. The number of benzene rings is 2. The number of halogens is 3. The van der Waals surface area contributed by atoms with E-state index in [1.165, 1.54) is 0 Å². The quantitative estimate of drug-likeness (QED) is 0.757. The Morgan fingerprint density at radius 3 is 2.52 bits per heavy atom. The first kappa shape index (κ1) is 17.2. The number of anilines is 2. The summed E-state index contributed by atoms with van der Waals surface area (Å²) in [5.74, 6) is -1.86. The highest BCUT2D eigenvalue weighted by molar-refractivity contribution is 6.30. The Morgan fingerprint density at radius 1 is 1.17 bits per heavy atom. The first-order valence-corrected chi connectivity index (χ1v) is 7.25. The number of nitrogens with one attached hydrogen (secondary N) is 2. The third-order valence-electron chi connectivity index (χ3n) is 3.00. The number of carbonyl (C=O) groups excluding carboxylic acids is 1. The van der Waals surface area contributed by atoms with E-state index in [4.69, 9.17) is 16.7 Å². The molecule has 0 aliphatic heterocycles. The fourth-order valence-corrected chi connectivity index (χ4v) is 2.20. The molecule has 23 heavy (non-hydrogen) atoms. The van der Waals surface area contributed by atoms with Crippen LogP contribution in [-0.4, -0.2) is 24.2 Å². The standard InChI is InChI=1S/C16H15ClF2N2O2/c17-11-8-13(18)16(14(19)9-11)21-12-3-1-2-10(6-12)7-15(23)20-4-5-22/h1-3,6,8-9,21-22H,4-5,7H2,(H,20,23). The van der Waals surface area contributed by atoms with E-state index in [1.807, 2.05) is 0 Å². The molecule has 0 heterocycles. The molecule has 3 N–H and O–H groups in total. The van der Waals surface area contributed by atoms with Gasteiger partial charge in [0.15, 0.2) is 11.6 Å². The van der Waals surface area contributed by atoms with Crippen LogP contribution in [0.15, 0.2) is 36.4 Å². The number of rotatable bonds is 6. The van der Waals surface area contributed by atoms with Gasteiger partial charge in [-0.05, 0) is 29.8 Å². The van der Waals surface area contributed by atoms with E-state index in [2.05, 4.69) is 10.6 Å². The van der Waals surface area contributed by atoms with Crippen LogP contribution in [-0.2, 0) is 11.2 Å². The van der Waals surface area contributed by atoms with Crippen molar-refractivity contribution in [3.63, 3.8) is 0 Å². The van der Waals surface area contributed by atoms with Gasteiger partial charge < -0.3 is 15.7 Å². The van der Waals surface area contributed by atoms with Gasteiger partial charge in [0.25, 0.3) is 0 Å². The number of aliphatic hydroxyl groups excluding tert-OH is 1. The van der Waals surface area contributed by atoms with Gasteiger partial charge in [0, 0.05) is 17.3 Å². The Labute approximate surface area is 137 Å². The fourth-order valence-electron chi connectivity index (χ4n) is 2.01. The largest absolute Gasteiger partial charge is 0.395 e. The van der Waals surface area contributed by atoms with Crippen molar-refractivity contribution in [2.45, 2.75) is 6.42 Å². The van der Waals surface area contributed by atoms with E-state index in [1.54, 1.807) is 24.3 Å². The molecule has 0 atom stereocenters. The van der Waals surface area contributed by atoms with Crippen molar-refractivity contribution in [2.75, 3.05) is 18.5 Å². The molecule has 0 unspecified atom stereocenters. The number of carbonyl (C=O) groups is 1. The summed E-state index contributed by atoms with van der Waals surface area (Å²) in [7, 11) is 0. The average Bonchev–Trinajstić information content (AvgIpc) is 2.49. The molecular weight excluding hydrogens is 326 g/mol. The summed E-state index contributed by atoms with van der Waals surface area (Å²) >= 11 is 5.58. The van der Waals surface area contributed by atoms with Crippen molar-refractivity contribution in [1.82, 2.24) is 5.32 Å². The summed E-state index contributed by atoms with van der Waals surface area (Å²) in [5, 5.41) is 13.8. The van der Waals surface area contributed by atoms with Gasteiger partial charge in [-0.1, -0.05) is 23.7 Å². The molecule has 0 fully saturated rings. The third kappa shape index (κ3) is 4.91. The van der Waals surface area contributed by atoms with Crippen molar-refractivity contribution < 1.29 is 18.7 Å². The van der Waals surface area contributed by atoms with Gasteiger partial charge in [-0.25, -0.2) is 8.78 Å². The molecule has 122 valence electrons. The molecule has 0 spiro atoms. The monoisotopic (exact) mass is 340 g/mol. The molecule has 2 aromatic carbocycles. The molecule has 2 rings (SSSR count). The van der Waals surface area contributed by atoms with Gasteiger partial charge >= 0.3 is 0 Å². The van der Waals surface area contributed by atoms with Gasteiger partial charge in [0.05, 0.1) is 13.0 Å². The lowest BCUT2D eigenvalue weighted by molar-refractivity contribution is -0.120. The van der Waals surface area contributed by atoms with Gasteiger partial charge in [0.2, 0.25) is 5.91 Å². The maximum absolute atomic E-state index is 13.8. The Morgan fingerprint density at radius 2 is 1.87 bits per heavy atom. The van der Waals surface area contributed by atoms with Crippen molar-refractivity contribution in [2.24, 2.45) is 0 Å². The highest BCUT2D eigenvalue weighted by Crippen LogP contribution is 2.27. The lowest BCUT2D eigenvalue weighted by Gasteiger charge is -2.11. The predicted octanol–water partition coefficient (Wildman–Crippen LogP) is 3.01. The van der Waals surface area contributed by atoms with E-state index < -0.39 is 11.6 Å². The highest BCUT2D eigenvalue weighted by Gasteiger charge is 2.11. The Kier molecular flexibility index (Phi) is 5.90. The van der Waals surface area contributed by atoms with E-state index >= 15 is 0 Å². The molecule has 0 aliphatic rings. The van der Waals surface area contributed by atoms with Gasteiger partial charge in [-0.15, -0.1) is 0 Å².